The summed E-state index contributed by atoms with van der Waals surface area (Å²) in [5.74, 6) is -0.202. The molecule has 0 aliphatic heterocycles. The quantitative estimate of drug-likeness (QED) is 0.494. The van der Waals surface area contributed by atoms with Gasteiger partial charge in [0.05, 0.1) is 6.61 Å². The first-order chi connectivity index (χ1) is 7.20. The third-order valence-electron chi connectivity index (χ3n) is 1.94. The molecule has 0 heterocycles. The van der Waals surface area contributed by atoms with E-state index in [2.05, 4.69) is 12.2 Å². The molecule has 0 saturated carbocycles. The fourth-order valence-electron chi connectivity index (χ4n) is 1.12. The molecule has 88 valence electrons. The van der Waals surface area contributed by atoms with E-state index in [-0.39, 0.29) is 11.9 Å². The van der Waals surface area contributed by atoms with Crippen molar-refractivity contribution in [3.8, 4) is 0 Å². The Kier molecular flexibility index (Phi) is 8.82. The van der Waals surface area contributed by atoms with Gasteiger partial charge in [-0.3, -0.25) is 9.59 Å². The van der Waals surface area contributed by atoms with E-state index in [4.69, 9.17) is 4.74 Å². The van der Waals surface area contributed by atoms with Gasteiger partial charge in [0.1, 0.15) is 0 Å². The van der Waals surface area contributed by atoms with E-state index in [0.717, 1.165) is 19.4 Å². The Morgan fingerprint density at radius 2 is 1.87 bits per heavy atom. The second-order valence-electron chi connectivity index (χ2n) is 3.36. The smallest absolute Gasteiger partial charge is 0.305 e. The van der Waals surface area contributed by atoms with Crippen LogP contribution in [0.25, 0.3) is 0 Å². The molecule has 0 atom stereocenters. The van der Waals surface area contributed by atoms with Gasteiger partial charge in [0.25, 0.3) is 0 Å². The Labute approximate surface area is 91.4 Å². The summed E-state index contributed by atoms with van der Waals surface area (Å²) in [4.78, 5) is 22.1. The lowest BCUT2D eigenvalue weighted by atomic mass is 10.2. The minimum atomic E-state index is -0.223. The number of nitrogens with one attached hydrogen (secondary N) is 1. The molecule has 0 aliphatic carbocycles. The van der Waals surface area contributed by atoms with Gasteiger partial charge in [-0.15, -0.1) is 0 Å². The molecule has 1 amide bonds. The maximum Gasteiger partial charge on any atom is 0.305 e. The van der Waals surface area contributed by atoms with E-state index in [1.54, 1.807) is 6.92 Å². The highest BCUT2D eigenvalue weighted by atomic mass is 16.5. The number of unbranched alkanes of at least 4 members (excludes halogenated alkanes) is 1. The summed E-state index contributed by atoms with van der Waals surface area (Å²) in [6, 6.07) is 0. The molecule has 0 spiro atoms. The average Bonchev–Trinajstić information content (AvgIpc) is 2.18. The highest BCUT2D eigenvalue weighted by Crippen LogP contribution is 1.97. The van der Waals surface area contributed by atoms with E-state index in [1.165, 1.54) is 0 Å². The topological polar surface area (TPSA) is 55.4 Å². The molecule has 0 aromatic carbocycles. The van der Waals surface area contributed by atoms with Crippen molar-refractivity contribution in [3.63, 3.8) is 0 Å². The van der Waals surface area contributed by atoms with Gasteiger partial charge in [-0.05, 0) is 19.8 Å². The van der Waals surface area contributed by atoms with Gasteiger partial charge in [0, 0.05) is 19.4 Å². The minimum absolute atomic E-state index is 0.0211. The Balaban J connectivity index is 3.34. The SMILES string of the molecule is CCCCNC(=O)CCCC(=O)OCC. The molecule has 0 fully saturated rings. The van der Waals surface area contributed by atoms with Gasteiger partial charge < -0.3 is 10.1 Å². The van der Waals surface area contributed by atoms with Gasteiger partial charge in [-0.2, -0.15) is 0 Å². The Morgan fingerprint density at radius 3 is 2.47 bits per heavy atom. The molecule has 1 N–H and O–H groups in total. The van der Waals surface area contributed by atoms with Crippen LogP contribution in [-0.4, -0.2) is 25.0 Å². The number of carbonyl (C=O) groups is 2. The monoisotopic (exact) mass is 215 g/mol. The number of hydrogen-bond donors (Lipinski definition) is 1. The van der Waals surface area contributed by atoms with Gasteiger partial charge >= 0.3 is 5.97 Å². The number of esters is 1. The molecule has 4 heteroatoms. The predicted molar refractivity (Wildman–Crippen MR) is 58.4 cm³/mol. The third kappa shape index (κ3) is 9.25. The van der Waals surface area contributed by atoms with E-state index >= 15 is 0 Å². The number of carbonyl (C=O) groups excluding carboxylic acids is 2. The number of hydrogen-bond acceptors (Lipinski definition) is 3. The zero-order chi connectivity index (χ0) is 11.5. The number of rotatable bonds is 8. The summed E-state index contributed by atoms with van der Waals surface area (Å²) in [7, 11) is 0. The van der Waals surface area contributed by atoms with Gasteiger partial charge in [0.15, 0.2) is 0 Å². The fraction of sp³-hybridized carbons (Fsp3) is 0.818. The van der Waals surface area contributed by atoms with E-state index in [1.807, 2.05) is 0 Å². The van der Waals surface area contributed by atoms with Crippen LogP contribution in [0.2, 0.25) is 0 Å². The van der Waals surface area contributed by atoms with E-state index < -0.39 is 0 Å². The van der Waals surface area contributed by atoms with Gasteiger partial charge in [-0.1, -0.05) is 13.3 Å². The number of amides is 1. The Morgan fingerprint density at radius 1 is 1.13 bits per heavy atom. The average molecular weight is 215 g/mol. The lowest BCUT2D eigenvalue weighted by molar-refractivity contribution is -0.143. The molecule has 0 aromatic rings. The van der Waals surface area contributed by atoms with Crippen molar-refractivity contribution in [2.24, 2.45) is 0 Å². The zero-order valence-electron chi connectivity index (χ0n) is 9.67. The molecule has 0 unspecified atom stereocenters. The summed E-state index contributed by atoms with van der Waals surface area (Å²) >= 11 is 0. The molecule has 4 nitrogen and oxygen atoms in total. The van der Waals surface area contributed by atoms with Crippen molar-refractivity contribution in [1.29, 1.82) is 0 Å². The summed E-state index contributed by atoms with van der Waals surface area (Å²) < 4.78 is 4.75. The van der Waals surface area contributed by atoms with Crippen molar-refractivity contribution in [1.82, 2.24) is 5.32 Å². The van der Waals surface area contributed by atoms with E-state index in [9.17, 15) is 9.59 Å². The van der Waals surface area contributed by atoms with Crippen LogP contribution in [0.4, 0.5) is 0 Å². The second kappa shape index (κ2) is 9.49. The normalized spacial score (nSPS) is 9.73. The van der Waals surface area contributed by atoms with Crippen molar-refractivity contribution < 1.29 is 14.3 Å². The number of ether oxygens (including phenoxy) is 1. The Bertz CT molecular complexity index is 192. The fourth-order valence-corrected chi connectivity index (χ4v) is 1.12. The molecule has 0 saturated heterocycles. The molecule has 0 aliphatic rings. The van der Waals surface area contributed by atoms with Crippen molar-refractivity contribution in [2.75, 3.05) is 13.2 Å². The second-order valence-corrected chi connectivity index (χ2v) is 3.36. The highest BCUT2D eigenvalue weighted by Gasteiger charge is 2.04. The minimum Gasteiger partial charge on any atom is -0.466 e. The lowest BCUT2D eigenvalue weighted by Crippen LogP contribution is -2.24. The zero-order valence-corrected chi connectivity index (χ0v) is 9.67. The first-order valence-corrected chi connectivity index (χ1v) is 5.63. The highest BCUT2D eigenvalue weighted by molar-refractivity contribution is 5.76. The summed E-state index contributed by atoms with van der Waals surface area (Å²) in [6.07, 6.45) is 3.38. The van der Waals surface area contributed by atoms with Crippen LogP contribution in [-0.2, 0) is 14.3 Å². The largest absolute Gasteiger partial charge is 0.466 e. The summed E-state index contributed by atoms with van der Waals surface area (Å²) in [5, 5.41) is 2.80. The van der Waals surface area contributed by atoms with Crippen LogP contribution in [0.15, 0.2) is 0 Å². The van der Waals surface area contributed by atoms with Crippen LogP contribution in [0, 0.1) is 0 Å². The molecule has 0 radical (unpaired) electrons. The third-order valence-corrected chi connectivity index (χ3v) is 1.94. The van der Waals surface area contributed by atoms with Crippen LogP contribution < -0.4 is 5.32 Å². The molecule has 0 aromatic heterocycles. The van der Waals surface area contributed by atoms with Crippen LogP contribution in [0.3, 0.4) is 0 Å². The predicted octanol–water partition coefficient (Wildman–Crippen LogP) is 1.64. The van der Waals surface area contributed by atoms with Crippen LogP contribution in [0.1, 0.15) is 46.0 Å². The van der Waals surface area contributed by atoms with Crippen LogP contribution in [0.5, 0.6) is 0 Å². The van der Waals surface area contributed by atoms with Gasteiger partial charge in [-0.25, -0.2) is 0 Å². The van der Waals surface area contributed by atoms with E-state index in [0.29, 0.717) is 25.9 Å². The molecular weight excluding hydrogens is 194 g/mol. The molecular formula is C11H21NO3. The maximum atomic E-state index is 11.2. The van der Waals surface area contributed by atoms with Gasteiger partial charge in [0.2, 0.25) is 5.91 Å². The Hall–Kier alpha value is -1.06. The summed E-state index contributed by atoms with van der Waals surface area (Å²) in [5.41, 5.74) is 0. The first kappa shape index (κ1) is 13.9. The first-order valence-electron chi connectivity index (χ1n) is 5.63. The molecule has 0 rings (SSSR count). The molecule has 15 heavy (non-hydrogen) atoms. The maximum absolute atomic E-state index is 11.2. The lowest BCUT2D eigenvalue weighted by Gasteiger charge is -2.04. The van der Waals surface area contributed by atoms with Crippen molar-refractivity contribution in [2.45, 2.75) is 46.0 Å². The van der Waals surface area contributed by atoms with Crippen molar-refractivity contribution >= 4 is 11.9 Å². The summed E-state index contributed by atoms with van der Waals surface area (Å²) in [6.45, 7) is 4.98. The standard InChI is InChI=1S/C11H21NO3/c1-3-5-9-12-10(13)7-6-8-11(14)15-4-2/h3-9H2,1-2H3,(H,12,13). The van der Waals surface area contributed by atoms with Crippen LogP contribution >= 0.6 is 0 Å². The van der Waals surface area contributed by atoms with Crippen molar-refractivity contribution in [3.05, 3.63) is 0 Å². The molecule has 0 bridgehead atoms.